The van der Waals surface area contributed by atoms with Gasteiger partial charge in [-0.25, -0.2) is 8.42 Å². The van der Waals surface area contributed by atoms with E-state index in [1.807, 2.05) is 32.9 Å². The van der Waals surface area contributed by atoms with Crippen LogP contribution in [0, 0.1) is 13.8 Å². The molecule has 1 fully saturated rings. The second kappa shape index (κ2) is 8.76. The highest BCUT2D eigenvalue weighted by atomic mass is 32.2. The average Bonchev–Trinajstić information content (AvgIpc) is 3.17. The van der Waals surface area contributed by atoms with Gasteiger partial charge in [0.1, 0.15) is 11.5 Å². The van der Waals surface area contributed by atoms with E-state index in [2.05, 4.69) is 4.98 Å². The van der Waals surface area contributed by atoms with Crippen molar-refractivity contribution in [2.45, 2.75) is 43.3 Å². The topological polar surface area (TPSA) is 91.8 Å². The summed E-state index contributed by atoms with van der Waals surface area (Å²) in [7, 11) is -0.940. The van der Waals surface area contributed by atoms with Crippen LogP contribution in [-0.2, 0) is 29.7 Å². The fraction of sp³-hybridized carbons (Fsp3) is 0.385. The maximum absolute atomic E-state index is 13.9. The van der Waals surface area contributed by atoms with Gasteiger partial charge in [0.2, 0.25) is 0 Å². The minimum atomic E-state index is -4.01. The highest BCUT2D eigenvalue weighted by Gasteiger charge is 2.55. The van der Waals surface area contributed by atoms with Gasteiger partial charge < -0.3 is 14.2 Å². The first-order chi connectivity index (χ1) is 16.0. The van der Waals surface area contributed by atoms with Crippen LogP contribution < -0.4 is 4.74 Å². The van der Waals surface area contributed by atoms with Crippen LogP contribution in [0.2, 0.25) is 0 Å². The van der Waals surface area contributed by atoms with Gasteiger partial charge >= 0.3 is 0 Å². The lowest BCUT2D eigenvalue weighted by Crippen LogP contribution is -2.41. The summed E-state index contributed by atoms with van der Waals surface area (Å²) in [6.07, 6.45) is 0.168. The summed E-state index contributed by atoms with van der Waals surface area (Å²) < 4.78 is 44.4. The van der Waals surface area contributed by atoms with Gasteiger partial charge in [0.25, 0.3) is 0 Å². The minimum absolute atomic E-state index is 0.0738. The standard InChI is InChI=1S/C26H29NO6S/c1-17-9-12-22(31-4)20(13-17)26(15-25(3,32-5)16-33-26)24(28)14-34(29,30)23-8-6-7-21-19(23)11-10-18(2)27-21/h6-13H,14-16H2,1-5H3/t25-,26+/m0/s1. The molecule has 0 spiro atoms. The Morgan fingerprint density at radius 2 is 1.88 bits per heavy atom. The number of methoxy groups -OCH3 is 2. The average molecular weight is 484 g/mol. The van der Waals surface area contributed by atoms with E-state index in [-0.39, 0.29) is 17.9 Å². The van der Waals surface area contributed by atoms with Gasteiger partial charge in [0.05, 0.1) is 29.7 Å². The summed E-state index contributed by atoms with van der Waals surface area (Å²) in [5, 5.41) is 0.483. The van der Waals surface area contributed by atoms with Gasteiger partial charge in [-0.15, -0.1) is 0 Å². The second-order valence-electron chi connectivity index (χ2n) is 9.11. The number of nitrogens with zero attached hydrogens (tertiary/aromatic N) is 1. The van der Waals surface area contributed by atoms with Crippen LogP contribution in [0.3, 0.4) is 0 Å². The molecule has 0 N–H and O–H groups in total. The van der Waals surface area contributed by atoms with Gasteiger partial charge in [0, 0.05) is 30.2 Å². The fourth-order valence-electron chi connectivity index (χ4n) is 4.54. The van der Waals surface area contributed by atoms with Crippen molar-refractivity contribution in [3.63, 3.8) is 0 Å². The lowest BCUT2D eigenvalue weighted by molar-refractivity contribution is -0.137. The van der Waals surface area contributed by atoms with Gasteiger partial charge in [-0.1, -0.05) is 17.7 Å². The number of fused-ring (bicyclic) bond motifs is 1. The highest BCUT2D eigenvalue weighted by Crippen LogP contribution is 2.47. The van der Waals surface area contributed by atoms with E-state index in [1.54, 1.807) is 37.4 Å². The Bertz CT molecular complexity index is 1370. The molecule has 0 bridgehead atoms. The van der Waals surface area contributed by atoms with E-state index in [1.165, 1.54) is 13.2 Å². The molecule has 0 saturated carbocycles. The van der Waals surface area contributed by atoms with E-state index in [9.17, 15) is 13.2 Å². The van der Waals surface area contributed by atoms with Crippen LogP contribution in [0.4, 0.5) is 0 Å². The zero-order valence-electron chi connectivity index (χ0n) is 20.0. The van der Waals surface area contributed by atoms with Crippen molar-refractivity contribution in [3.05, 3.63) is 65.4 Å². The number of ketones is 1. The first-order valence-corrected chi connectivity index (χ1v) is 12.7. The molecule has 1 aromatic heterocycles. The molecule has 0 unspecified atom stereocenters. The van der Waals surface area contributed by atoms with E-state index in [4.69, 9.17) is 14.2 Å². The van der Waals surface area contributed by atoms with Gasteiger partial charge in [-0.05, 0) is 57.2 Å². The first kappa shape index (κ1) is 24.3. The quantitative estimate of drug-likeness (QED) is 0.503. The van der Waals surface area contributed by atoms with Crippen molar-refractivity contribution in [2.75, 3.05) is 26.6 Å². The molecule has 8 heteroatoms. The number of aryl methyl sites for hydroxylation is 2. The van der Waals surface area contributed by atoms with Gasteiger partial charge in [-0.3, -0.25) is 9.78 Å². The third kappa shape index (κ3) is 4.21. The normalized spacial score (nSPS) is 22.7. The lowest BCUT2D eigenvalue weighted by atomic mass is 9.82. The molecule has 2 atom stereocenters. The number of hydrogen-bond acceptors (Lipinski definition) is 7. The maximum atomic E-state index is 13.9. The Morgan fingerprint density at radius 1 is 1.12 bits per heavy atom. The Hall–Kier alpha value is -2.81. The smallest absolute Gasteiger partial charge is 0.186 e. The van der Waals surface area contributed by atoms with Crippen molar-refractivity contribution in [3.8, 4) is 5.75 Å². The number of sulfone groups is 1. The maximum Gasteiger partial charge on any atom is 0.186 e. The van der Waals surface area contributed by atoms with Crippen molar-refractivity contribution in [1.82, 2.24) is 4.98 Å². The van der Waals surface area contributed by atoms with Crippen LogP contribution in [0.25, 0.3) is 10.9 Å². The Kier molecular flexibility index (Phi) is 6.27. The SMILES string of the molecule is COc1ccc(C)cc1[C@@]1(C(=O)CS(=O)(=O)c2cccc3nc(C)ccc23)C[C@](C)(OC)CO1. The van der Waals surface area contributed by atoms with Crippen molar-refractivity contribution in [2.24, 2.45) is 0 Å². The number of benzene rings is 2. The molecule has 4 rings (SSSR count). The highest BCUT2D eigenvalue weighted by molar-refractivity contribution is 7.92. The molecule has 180 valence electrons. The number of Topliss-reactive ketones (excluding diaryl/α,β-unsaturated/α-hetero) is 1. The molecule has 0 amide bonds. The molecule has 7 nitrogen and oxygen atoms in total. The molecule has 34 heavy (non-hydrogen) atoms. The predicted molar refractivity (Wildman–Crippen MR) is 129 cm³/mol. The molecule has 1 aliphatic heterocycles. The summed E-state index contributed by atoms with van der Waals surface area (Å²) >= 11 is 0. The predicted octanol–water partition coefficient (Wildman–Crippen LogP) is 3.92. The third-order valence-corrected chi connectivity index (χ3v) is 8.14. The largest absolute Gasteiger partial charge is 0.496 e. The van der Waals surface area contributed by atoms with E-state index >= 15 is 0 Å². The third-order valence-electron chi connectivity index (χ3n) is 6.47. The number of ether oxygens (including phenoxy) is 3. The van der Waals surface area contributed by atoms with Crippen molar-refractivity contribution >= 4 is 26.5 Å². The zero-order chi connectivity index (χ0) is 24.7. The summed E-state index contributed by atoms with van der Waals surface area (Å²) in [6, 6.07) is 13.8. The number of hydrogen-bond donors (Lipinski definition) is 0. The summed E-state index contributed by atoms with van der Waals surface area (Å²) in [4.78, 5) is 18.4. The molecule has 0 radical (unpaired) electrons. The van der Waals surface area contributed by atoms with Crippen LogP contribution in [0.1, 0.15) is 30.2 Å². The number of pyridine rings is 1. The fourth-order valence-corrected chi connectivity index (χ4v) is 6.07. The van der Waals surface area contributed by atoms with Crippen molar-refractivity contribution < 1.29 is 27.4 Å². The molecule has 1 aliphatic rings. The Balaban J connectivity index is 1.81. The zero-order valence-corrected chi connectivity index (χ0v) is 20.9. The Labute approximate surface area is 200 Å². The van der Waals surface area contributed by atoms with E-state index in [0.29, 0.717) is 22.2 Å². The monoisotopic (exact) mass is 483 g/mol. The second-order valence-corrected chi connectivity index (χ2v) is 11.1. The summed E-state index contributed by atoms with van der Waals surface area (Å²) in [6.45, 7) is 5.72. The van der Waals surface area contributed by atoms with E-state index in [0.717, 1.165) is 11.3 Å². The van der Waals surface area contributed by atoms with E-state index < -0.39 is 32.6 Å². The van der Waals surface area contributed by atoms with Gasteiger partial charge in [0.15, 0.2) is 21.2 Å². The minimum Gasteiger partial charge on any atom is -0.496 e. The van der Waals surface area contributed by atoms with Gasteiger partial charge in [-0.2, -0.15) is 0 Å². The van der Waals surface area contributed by atoms with Crippen LogP contribution in [-0.4, -0.2) is 51.4 Å². The molecule has 1 saturated heterocycles. The first-order valence-electron chi connectivity index (χ1n) is 11.0. The lowest BCUT2D eigenvalue weighted by Gasteiger charge is -2.30. The number of aromatic nitrogens is 1. The number of carbonyl (C=O) groups excluding carboxylic acids is 1. The molecule has 0 aliphatic carbocycles. The molecule has 2 heterocycles. The van der Waals surface area contributed by atoms with Crippen LogP contribution in [0.15, 0.2) is 53.4 Å². The van der Waals surface area contributed by atoms with Crippen LogP contribution >= 0.6 is 0 Å². The number of rotatable bonds is 7. The molecular formula is C26H29NO6S. The van der Waals surface area contributed by atoms with Crippen LogP contribution in [0.5, 0.6) is 5.75 Å². The number of carbonyl (C=O) groups is 1. The molecule has 2 aromatic carbocycles. The molecular weight excluding hydrogens is 454 g/mol. The molecule has 3 aromatic rings. The summed E-state index contributed by atoms with van der Waals surface area (Å²) in [5.41, 5.74) is 0.473. The summed E-state index contributed by atoms with van der Waals surface area (Å²) in [5.74, 6) is -0.826. The Morgan fingerprint density at radius 3 is 2.56 bits per heavy atom. The van der Waals surface area contributed by atoms with Crippen molar-refractivity contribution in [1.29, 1.82) is 0 Å².